The van der Waals surface area contributed by atoms with Crippen LogP contribution in [-0.2, 0) is 48.7 Å². The number of carbonyl (C=O) groups excluding carboxylic acids is 2. The number of esters is 2. The second kappa shape index (κ2) is 20.1. The van der Waals surface area contributed by atoms with Gasteiger partial charge in [0, 0.05) is 19.5 Å². The summed E-state index contributed by atoms with van der Waals surface area (Å²) in [4.78, 5) is 24.2. The van der Waals surface area contributed by atoms with Crippen LogP contribution in [0.3, 0.4) is 0 Å². The summed E-state index contributed by atoms with van der Waals surface area (Å²) in [5.74, 6) is -1.61. The molecule has 0 spiro atoms. The van der Waals surface area contributed by atoms with E-state index >= 15 is 0 Å². The van der Waals surface area contributed by atoms with Crippen LogP contribution in [0.2, 0.25) is 0 Å². The monoisotopic (exact) mass is 510 g/mol. The molecule has 1 N–H and O–H groups in total. The molecule has 0 aliphatic heterocycles. The molecule has 0 aliphatic rings. The van der Waals surface area contributed by atoms with E-state index in [1.54, 1.807) is 0 Å². The molecule has 0 heterocycles. The Labute approximate surface area is 217 Å². The van der Waals surface area contributed by atoms with Gasteiger partial charge in [0.25, 0.3) is 10.1 Å². The molecule has 0 radical (unpaired) electrons. The van der Waals surface area contributed by atoms with Crippen LogP contribution in [0.5, 0.6) is 0 Å². The van der Waals surface area contributed by atoms with Crippen molar-refractivity contribution in [2.75, 3.05) is 13.2 Å². The fraction of sp³-hybridized carbons (Fsp3) is 0.900. The van der Waals surface area contributed by atoms with Gasteiger partial charge in [-0.1, -0.05) is 66.2 Å². The molecule has 0 rings (SSSR count). The van der Waals surface area contributed by atoms with Gasteiger partial charge >= 0.3 is 41.5 Å². The van der Waals surface area contributed by atoms with E-state index in [0.717, 1.165) is 51.4 Å². The van der Waals surface area contributed by atoms with Gasteiger partial charge in [-0.3, -0.25) is 14.1 Å². The summed E-state index contributed by atoms with van der Waals surface area (Å²) in [5.41, 5.74) is 0. The Bertz CT molecular complexity index is 557. The smallest absolute Gasteiger partial charge is 0 e. The molecule has 0 bridgehead atoms. The van der Waals surface area contributed by atoms with E-state index in [1.165, 1.54) is 0 Å². The predicted molar refractivity (Wildman–Crippen MR) is 116 cm³/mol. The number of hydrogen-bond acceptors (Lipinski definition) is 6. The number of hydrogen-bond donors (Lipinski definition) is 1. The summed E-state index contributed by atoms with van der Waals surface area (Å²) in [6.45, 7) is 8.35. The average molecular weight is 512 g/mol. The minimum absolute atomic E-state index is 0. The summed E-state index contributed by atoms with van der Waals surface area (Å²) in [6.07, 6.45) is 6.74. The topological polar surface area (TPSA) is 107 Å². The molecule has 0 aromatic carbocycles. The Morgan fingerprint density at radius 1 is 0.867 bits per heavy atom. The van der Waals surface area contributed by atoms with E-state index in [0.29, 0.717) is 0 Å². The SMILES string of the molecule is CCCCC(CC)COC(=O)CC(C(=O)OCC(CC)CCCC)S(=O)(=O)O.[NaH].[Zn]. The van der Waals surface area contributed by atoms with E-state index in [4.69, 9.17) is 9.47 Å². The molecule has 0 fully saturated rings. The third kappa shape index (κ3) is 16.2. The van der Waals surface area contributed by atoms with Crippen LogP contribution in [0, 0.1) is 11.8 Å². The number of rotatable bonds is 16. The van der Waals surface area contributed by atoms with E-state index in [-0.39, 0.29) is 74.1 Å². The van der Waals surface area contributed by atoms with E-state index in [2.05, 4.69) is 13.8 Å². The fourth-order valence-electron chi connectivity index (χ4n) is 2.82. The minimum atomic E-state index is -4.76. The van der Waals surface area contributed by atoms with Crippen LogP contribution in [0.15, 0.2) is 0 Å². The molecule has 3 atom stereocenters. The van der Waals surface area contributed by atoms with Crippen molar-refractivity contribution in [1.82, 2.24) is 0 Å². The standard InChI is InChI=1S/C20H38O7S.Na.Zn.H/c1-5-9-11-16(7-3)14-26-19(21)13-18(28(23,24)25)20(22)27-15-17(8-4)12-10-6-2;;;/h16-18H,5-15H2,1-4H3,(H,23,24,25);;;. The summed E-state index contributed by atoms with van der Waals surface area (Å²) in [7, 11) is -4.76. The van der Waals surface area contributed by atoms with Crippen LogP contribution < -0.4 is 0 Å². The maximum atomic E-state index is 12.2. The molecule has 30 heavy (non-hydrogen) atoms. The molecule has 0 amide bonds. The molecule has 10 heteroatoms. The first-order chi connectivity index (χ1) is 13.2. The summed E-state index contributed by atoms with van der Waals surface area (Å²) in [5, 5.41) is -1.95. The fourth-order valence-corrected chi connectivity index (χ4v) is 3.48. The Hall–Kier alpha value is 0.473. The molecule has 7 nitrogen and oxygen atoms in total. The van der Waals surface area contributed by atoms with Crippen molar-refractivity contribution in [2.45, 2.75) is 90.7 Å². The third-order valence-corrected chi connectivity index (χ3v) is 6.08. The van der Waals surface area contributed by atoms with Crippen molar-refractivity contribution in [3.8, 4) is 0 Å². The average Bonchev–Trinajstić information content (AvgIpc) is 2.65. The normalized spacial score (nSPS) is 13.9. The Balaban J connectivity index is -0.00000364. The van der Waals surface area contributed by atoms with Crippen molar-refractivity contribution in [2.24, 2.45) is 11.8 Å². The third-order valence-electron chi connectivity index (χ3n) is 5.00. The van der Waals surface area contributed by atoms with Crippen molar-refractivity contribution >= 4 is 51.6 Å². The largest absolute Gasteiger partial charge is 0 e. The summed E-state index contributed by atoms with van der Waals surface area (Å²) >= 11 is 0. The molecule has 0 aromatic heterocycles. The minimum Gasteiger partial charge on any atom is 0 e. The van der Waals surface area contributed by atoms with Gasteiger partial charge in [0.2, 0.25) is 0 Å². The van der Waals surface area contributed by atoms with Crippen LogP contribution in [0.1, 0.15) is 85.5 Å². The zero-order valence-corrected chi connectivity index (χ0v) is 22.3. The molecular formula is C20H39NaO7SZn. The van der Waals surface area contributed by atoms with Crippen LogP contribution in [0.4, 0.5) is 0 Å². The maximum Gasteiger partial charge on any atom is 0 e. The van der Waals surface area contributed by atoms with Gasteiger partial charge in [-0.15, -0.1) is 0 Å². The second-order valence-electron chi connectivity index (χ2n) is 7.35. The molecule has 0 saturated carbocycles. The number of carbonyl (C=O) groups is 2. The summed E-state index contributed by atoms with van der Waals surface area (Å²) < 4.78 is 42.8. The van der Waals surface area contributed by atoms with Crippen molar-refractivity contribution in [3.05, 3.63) is 0 Å². The number of unbranched alkanes of at least 4 members (excludes halogenated alkanes) is 2. The van der Waals surface area contributed by atoms with Gasteiger partial charge in [0.05, 0.1) is 19.6 Å². The quantitative estimate of drug-likeness (QED) is 0.192. The molecule has 0 aromatic rings. The van der Waals surface area contributed by atoms with Crippen LogP contribution in [-0.4, -0.2) is 72.9 Å². The van der Waals surface area contributed by atoms with Gasteiger partial charge in [-0.05, 0) is 24.7 Å². The molecule has 0 saturated heterocycles. The van der Waals surface area contributed by atoms with Crippen molar-refractivity contribution < 1.29 is 51.5 Å². The van der Waals surface area contributed by atoms with Crippen molar-refractivity contribution in [3.63, 3.8) is 0 Å². The van der Waals surface area contributed by atoms with E-state index in [1.807, 2.05) is 13.8 Å². The summed E-state index contributed by atoms with van der Waals surface area (Å²) in [6, 6.07) is 0. The zero-order chi connectivity index (χ0) is 21.6. The van der Waals surface area contributed by atoms with Gasteiger partial charge in [-0.25, -0.2) is 0 Å². The molecule has 0 aliphatic carbocycles. The van der Waals surface area contributed by atoms with Crippen LogP contribution >= 0.6 is 0 Å². The van der Waals surface area contributed by atoms with E-state index in [9.17, 15) is 22.6 Å². The van der Waals surface area contributed by atoms with E-state index < -0.39 is 33.7 Å². The van der Waals surface area contributed by atoms with Gasteiger partial charge in [0.1, 0.15) is 0 Å². The van der Waals surface area contributed by atoms with Gasteiger partial charge < -0.3 is 9.47 Å². The Kier molecular flexibility index (Phi) is 23.5. The Morgan fingerprint density at radius 3 is 1.67 bits per heavy atom. The Morgan fingerprint density at radius 2 is 1.30 bits per heavy atom. The maximum absolute atomic E-state index is 12.2. The van der Waals surface area contributed by atoms with Crippen molar-refractivity contribution in [1.29, 1.82) is 0 Å². The first-order valence-corrected chi connectivity index (χ1v) is 12.0. The van der Waals surface area contributed by atoms with Gasteiger partial charge in [-0.2, -0.15) is 8.42 Å². The zero-order valence-electron chi connectivity index (χ0n) is 18.5. The number of ether oxygens (including phenoxy) is 2. The first kappa shape index (κ1) is 35.1. The molecular weight excluding hydrogens is 473 g/mol. The van der Waals surface area contributed by atoms with Crippen LogP contribution in [0.25, 0.3) is 0 Å². The molecule has 170 valence electrons. The molecule has 3 unspecified atom stereocenters. The predicted octanol–water partition coefficient (Wildman–Crippen LogP) is 3.50. The second-order valence-corrected chi connectivity index (χ2v) is 8.95. The first-order valence-electron chi connectivity index (χ1n) is 10.5. The van der Waals surface area contributed by atoms with Gasteiger partial charge in [0.15, 0.2) is 5.25 Å².